The van der Waals surface area contributed by atoms with Crippen LogP contribution in [0.25, 0.3) is 11.0 Å². The highest BCUT2D eigenvalue weighted by molar-refractivity contribution is 6.32. The summed E-state index contributed by atoms with van der Waals surface area (Å²) >= 11 is 12.2. The molecule has 0 fully saturated rings. The van der Waals surface area contributed by atoms with Crippen LogP contribution in [0.2, 0.25) is 10.3 Å². The van der Waals surface area contributed by atoms with Gasteiger partial charge in [-0.3, -0.25) is 4.68 Å². The van der Waals surface area contributed by atoms with E-state index in [2.05, 4.69) is 48.3 Å². The van der Waals surface area contributed by atoms with E-state index in [9.17, 15) is 5.26 Å². The molecule has 0 saturated carbocycles. The second-order valence-corrected chi connectivity index (χ2v) is 8.67. The molecular weight excluding hydrogens is 445 g/mol. The molecule has 7 nitrogen and oxygen atoms in total. The Bertz CT molecular complexity index is 1170. The number of nitrogens with zero attached hydrogens (tertiary/aromatic N) is 6. The van der Waals surface area contributed by atoms with Crippen LogP contribution in [0.3, 0.4) is 0 Å². The predicted octanol–water partition coefficient (Wildman–Crippen LogP) is 5.47. The molecule has 168 valence electrons. The van der Waals surface area contributed by atoms with Gasteiger partial charge in [0, 0.05) is 24.7 Å². The van der Waals surface area contributed by atoms with Crippen molar-refractivity contribution in [3.05, 3.63) is 57.4 Å². The first-order valence-corrected chi connectivity index (χ1v) is 11.3. The third-order valence-corrected chi connectivity index (χ3v) is 5.51. The van der Waals surface area contributed by atoms with Crippen molar-refractivity contribution in [1.82, 2.24) is 25.1 Å². The van der Waals surface area contributed by atoms with Crippen molar-refractivity contribution in [3.8, 4) is 6.07 Å². The van der Waals surface area contributed by atoms with Crippen LogP contribution in [0.5, 0.6) is 0 Å². The van der Waals surface area contributed by atoms with E-state index in [1.807, 2.05) is 23.6 Å². The first-order chi connectivity index (χ1) is 15.2. The molecule has 0 unspecified atom stereocenters. The summed E-state index contributed by atoms with van der Waals surface area (Å²) in [5, 5.41) is 19.0. The lowest BCUT2D eigenvalue weighted by Crippen LogP contribution is -2.32. The molecule has 0 aliphatic rings. The highest BCUT2D eigenvalue weighted by atomic mass is 35.5. The molecule has 0 aliphatic heterocycles. The number of pyridine rings is 2. The van der Waals surface area contributed by atoms with Crippen LogP contribution in [0.15, 0.2) is 30.1 Å². The average molecular weight is 472 g/mol. The Labute approximate surface area is 198 Å². The Hall–Kier alpha value is -2.82. The van der Waals surface area contributed by atoms with Gasteiger partial charge < -0.3 is 10.2 Å². The SMILES string of the molecule is CCCN(/C(=C/C#N)NCc1cc(C(C)C)c2c(C)nn(C)c2n1)c1cc(Cl)nc(Cl)c1. The molecule has 0 spiro atoms. The Morgan fingerprint density at radius 3 is 2.53 bits per heavy atom. The molecule has 0 aliphatic carbocycles. The van der Waals surface area contributed by atoms with Crippen molar-refractivity contribution >= 4 is 39.9 Å². The molecule has 3 rings (SSSR count). The number of hydrogen-bond acceptors (Lipinski definition) is 6. The number of allylic oxidation sites excluding steroid dienone is 1. The number of anilines is 1. The third-order valence-electron chi connectivity index (χ3n) is 5.12. The second kappa shape index (κ2) is 10.2. The Morgan fingerprint density at radius 2 is 1.94 bits per heavy atom. The molecule has 0 amide bonds. The zero-order valence-electron chi connectivity index (χ0n) is 18.9. The average Bonchev–Trinajstić information content (AvgIpc) is 3.01. The molecule has 0 bridgehead atoms. The van der Waals surface area contributed by atoms with E-state index in [0.29, 0.717) is 35.1 Å². The summed E-state index contributed by atoms with van der Waals surface area (Å²) in [7, 11) is 1.91. The number of rotatable bonds is 8. The Morgan fingerprint density at radius 1 is 1.25 bits per heavy atom. The lowest BCUT2D eigenvalue weighted by Gasteiger charge is -2.27. The summed E-state index contributed by atoms with van der Waals surface area (Å²) < 4.78 is 1.82. The first-order valence-electron chi connectivity index (χ1n) is 10.5. The Balaban J connectivity index is 1.96. The van der Waals surface area contributed by atoms with Crippen molar-refractivity contribution in [2.75, 3.05) is 11.4 Å². The van der Waals surface area contributed by atoms with Gasteiger partial charge in [-0.1, -0.05) is 44.0 Å². The number of nitriles is 1. The third kappa shape index (κ3) is 5.14. The van der Waals surface area contributed by atoms with Gasteiger partial charge in [-0.25, -0.2) is 9.97 Å². The maximum atomic E-state index is 9.42. The van der Waals surface area contributed by atoms with Gasteiger partial charge in [0.15, 0.2) is 5.65 Å². The fraction of sp³-hybridized carbons (Fsp3) is 0.391. The first kappa shape index (κ1) is 23.8. The van der Waals surface area contributed by atoms with Gasteiger partial charge in [-0.05, 0) is 43.0 Å². The molecule has 0 atom stereocenters. The molecule has 3 heterocycles. The second-order valence-electron chi connectivity index (χ2n) is 7.90. The van der Waals surface area contributed by atoms with Crippen LogP contribution < -0.4 is 10.2 Å². The normalized spacial score (nSPS) is 11.8. The summed E-state index contributed by atoms with van der Waals surface area (Å²) in [5.74, 6) is 0.968. The summed E-state index contributed by atoms with van der Waals surface area (Å²) in [6.07, 6.45) is 2.34. The highest BCUT2D eigenvalue weighted by Gasteiger charge is 2.17. The maximum Gasteiger partial charge on any atom is 0.158 e. The maximum absolute atomic E-state index is 9.42. The van der Waals surface area contributed by atoms with E-state index in [4.69, 9.17) is 28.2 Å². The van der Waals surface area contributed by atoms with Gasteiger partial charge >= 0.3 is 0 Å². The smallest absolute Gasteiger partial charge is 0.158 e. The number of aryl methyl sites for hydroxylation is 2. The van der Waals surface area contributed by atoms with Crippen molar-refractivity contribution in [3.63, 3.8) is 0 Å². The number of hydrogen-bond donors (Lipinski definition) is 1. The van der Waals surface area contributed by atoms with E-state index in [-0.39, 0.29) is 0 Å². The van der Waals surface area contributed by atoms with Crippen molar-refractivity contribution in [2.45, 2.75) is 46.6 Å². The van der Waals surface area contributed by atoms with Crippen LogP contribution in [-0.4, -0.2) is 26.3 Å². The standard InChI is InChI=1S/C23H27Cl2N7/c1-6-9-32(17-11-19(24)29-20(25)12-17)21(7-8-26)27-13-16-10-18(14(2)3)22-15(4)30-31(5)23(22)28-16/h7,10-12,14,27H,6,9,13H2,1-5H3/b21-7+. The fourth-order valence-electron chi connectivity index (χ4n) is 3.77. The van der Waals surface area contributed by atoms with Crippen LogP contribution in [-0.2, 0) is 13.6 Å². The minimum absolute atomic E-state index is 0.296. The number of halogens is 2. The van der Waals surface area contributed by atoms with E-state index < -0.39 is 0 Å². The molecule has 0 saturated heterocycles. The topological polar surface area (TPSA) is 82.7 Å². The number of fused-ring (bicyclic) bond motifs is 1. The molecule has 0 radical (unpaired) electrons. The Kier molecular flexibility index (Phi) is 7.60. The van der Waals surface area contributed by atoms with Gasteiger partial charge in [-0.2, -0.15) is 10.4 Å². The molecule has 0 aromatic carbocycles. The van der Waals surface area contributed by atoms with Crippen molar-refractivity contribution in [2.24, 2.45) is 7.05 Å². The van der Waals surface area contributed by atoms with Crippen LogP contribution in [0.4, 0.5) is 5.69 Å². The zero-order chi connectivity index (χ0) is 23.4. The lowest BCUT2D eigenvalue weighted by molar-refractivity contribution is 0.712. The molecule has 3 aromatic rings. The summed E-state index contributed by atoms with van der Waals surface area (Å²) in [5.41, 5.74) is 4.68. The minimum Gasteiger partial charge on any atom is -0.365 e. The summed E-state index contributed by atoms with van der Waals surface area (Å²) in [6, 6.07) is 7.71. The highest BCUT2D eigenvalue weighted by Crippen LogP contribution is 2.28. The van der Waals surface area contributed by atoms with Gasteiger partial charge in [-0.15, -0.1) is 0 Å². The molecular formula is C23H27Cl2N7. The zero-order valence-corrected chi connectivity index (χ0v) is 20.5. The summed E-state index contributed by atoms with van der Waals surface area (Å²) in [6.45, 7) is 9.52. The van der Waals surface area contributed by atoms with E-state index in [1.54, 1.807) is 12.1 Å². The van der Waals surface area contributed by atoms with Crippen LogP contribution >= 0.6 is 23.2 Å². The van der Waals surface area contributed by atoms with E-state index >= 15 is 0 Å². The fourth-order valence-corrected chi connectivity index (χ4v) is 4.21. The number of aromatic nitrogens is 4. The minimum atomic E-state index is 0.296. The summed E-state index contributed by atoms with van der Waals surface area (Å²) in [4.78, 5) is 10.8. The number of nitrogens with one attached hydrogen (secondary N) is 1. The van der Waals surface area contributed by atoms with Gasteiger partial charge in [0.1, 0.15) is 16.1 Å². The molecule has 1 N–H and O–H groups in total. The van der Waals surface area contributed by atoms with Gasteiger partial charge in [0.2, 0.25) is 0 Å². The molecule has 9 heteroatoms. The van der Waals surface area contributed by atoms with Crippen molar-refractivity contribution < 1.29 is 0 Å². The monoisotopic (exact) mass is 471 g/mol. The predicted molar refractivity (Wildman–Crippen MR) is 130 cm³/mol. The van der Waals surface area contributed by atoms with Crippen LogP contribution in [0, 0.1) is 18.3 Å². The molecule has 32 heavy (non-hydrogen) atoms. The van der Waals surface area contributed by atoms with Gasteiger partial charge in [0.25, 0.3) is 0 Å². The lowest BCUT2D eigenvalue weighted by atomic mass is 9.99. The largest absolute Gasteiger partial charge is 0.365 e. The van der Waals surface area contributed by atoms with Gasteiger partial charge in [0.05, 0.1) is 30.1 Å². The van der Waals surface area contributed by atoms with E-state index in [1.165, 1.54) is 11.6 Å². The van der Waals surface area contributed by atoms with E-state index in [0.717, 1.165) is 34.5 Å². The van der Waals surface area contributed by atoms with Crippen LogP contribution in [0.1, 0.15) is 50.1 Å². The van der Waals surface area contributed by atoms with Crippen molar-refractivity contribution in [1.29, 1.82) is 5.26 Å². The quantitative estimate of drug-likeness (QED) is 0.346. The molecule has 3 aromatic heterocycles.